The number of ether oxygens (including phenoxy) is 2. The second kappa shape index (κ2) is 36.0. The number of benzene rings is 13. The van der Waals surface area contributed by atoms with Gasteiger partial charge in [0.2, 0.25) is 11.8 Å². The molecule has 0 saturated carbocycles. The molecule has 21 nitrogen and oxygen atoms in total. The van der Waals surface area contributed by atoms with Crippen LogP contribution in [0.25, 0.3) is 210 Å². The predicted octanol–water partition coefficient (Wildman–Crippen LogP) is 26.0. The average molecular weight is 2360 g/mol. The Morgan fingerprint density at radius 2 is 0.482 bits per heavy atom. The third-order valence-corrected chi connectivity index (χ3v) is 25.6. The topological polar surface area (TPSA) is 184 Å². The van der Waals surface area contributed by atoms with Crippen LogP contribution in [0.5, 0.6) is 23.3 Å². The Labute approximate surface area is 846 Å². The number of nitrogens with zero attached hydrogens (tertiary/aromatic N) is 19. The molecule has 29 rings (SSSR count). The van der Waals surface area contributed by atoms with E-state index in [9.17, 15) is 0 Å². The van der Waals surface area contributed by atoms with Gasteiger partial charge in [0, 0.05) is 115 Å². The molecule has 0 amide bonds. The van der Waals surface area contributed by atoms with Crippen LogP contribution in [0.3, 0.4) is 0 Å². The van der Waals surface area contributed by atoms with E-state index in [1.54, 1.807) is 12.4 Å². The Kier molecular flexibility index (Phi) is 22.1. The van der Waals surface area contributed by atoms with Crippen LogP contribution in [-0.2, 0) is 63.2 Å². The first kappa shape index (κ1) is 86.5. The summed E-state index contributed by atoms with van der Waals surface area (Å²) in [6.45, 7) is 0. The monoisotopic (exact) mass is 2360 g/mol. The molecule has 29 aromatic rings. The van der Waals surface area contributed by atoms with Gasteiger partial charge in [-0.1, -0.05) is 185 Å². The fourth-order valence-corrected chi connectivity index (χ4v) is 19.7. The summed E-state index contributed by atoms with van der Waals surface area (Å²) in [4.78, 5) is 27.5. The van der Waals surface area contributed by atoms with Crippen molar-refractivity contribution in [1.82, 2.24) is 91.2 Å². The fraction of sp³-hybridized carbons (Fsp3) is 0. The van der Waals surface area contributed by atoms with E-state index in [0.717, 1.165) is 205 Å². The zero-order valence-corrected chi connectivity index (χ0v) is 80.9. The van der Waals surface area contributed by atoms with E-state index in [0.29, 0.717) is 23.3 Å². The number of para-hydroxylation sites is 7. The molecule has 141 heavy (non-hydrogen) atoms. The SMILES string of the molecule is [Pt+2].[Pt+2].[Pt+2].[c-]1c(-n2cc(-n3c4ccccc4c4cccnc43)cn2)ccc2c3ccccc3n(-c3[c-]c4c(cc3)c3ccccc3n4-c3ccccn3)c12.[c-]1c(-n2cc(-n3c4ccccc4c4cccnc43)cn2)cccc1-n1c2[c-]c(Oc3ccccn3)ccc2c2ccccc21.[c-]1c(Oc2ccccn2)cccc1-n1c2[c-]c(-n3cc(-n4c5ccccc5c5cccnc54)cn3)ccc2c2ccccc21. The fourth-order valence-electron chi connectivity index (χ4n) is 19.7. The van der Waals surface area contributed by atoms with Crippen molar-refractivity contribution in [2.45, 2.75) is 0 Å². The Morgan fingerprint density at radius 1 is 0.191 bits per heavy atom. The van der Waals surface area contributed by atoms with Gasteiger partial charge in [0.25, 0.3) is 0 Å². The Hall–Kier alpha value is -17.3. The summed E-state index contributed by atoms with van der Waals surface area (Å²) < 4.78 is 33.0. The minimum absolute atomic E-state index is 0. The van der Waals surface area contributed by atoms with E-state index in [-0.39, 0.29) is 63.2 Å². The number of hydrogen-bond acceptors (Lipinski definition) is 11. The minimum Gasteiger partial charge on any atom is -0.466 e. The largest absolute Gasteiger partial charge is 2.00 e. The molecule has 13 aromatic carbocycles. The zero-order valence-electron chi connectivity index (χ0n) is 74.1. The molecule has 0 radical (unpaired) electrons. The van der Waals surface area contributed by atoms with Gasteiger partial charge in [0.15, 0.2) is 0 Å². The first-order valence-corrected chi connectivity index (χ1v) is 45.1. The molecule has 0 saturated heterocycles. The maximum absolute atomic E-state index is 6.05. The van der Waals surface area contributed by atoms with Crippen LogP contribution < -0.4 is 9.47 Å². The molecule has 0 spiro atoms. The third-order valence-electron chi connectivity index (χ3n) is 25.6. The summed E-state index contributed by atoms with van der Waals surface area (Å²) in [5.74, 6) is 3.07. The summed E-state index contributed by atoms with van der Waals surface area (Å²) in [5.41, 5.74) is 21.9. The van der Waals surface area contributed by atoms with Crippen molar-refractivity contribution in [3.05, 3.63) is 457 Å². The molecule has 0 aliphatic carbocycles. The van der Waals surface area contributed by atoms with Crippen LogP contribution >= 0.6 is 0 Å². The van der Waals surface area contributed by atoms with Crippen molar-refractivity contribution in [3.8, 4) is 80.3 Å². The number of hydrogen-bond donors (Lipinski definition) is 0. The van der Waals surface area contributed by atoms with E-state index in [1.165, 1.54) is 5.39 Å². The van der Waals surface area contributed by atoms with Crippen molar-refractivity contribution in [2.75, 3.05) is 0 Å². The average Bonchev–Trinajstić information content (AvgIpc) is 1.58. The Bertz CT molecular complexity index is 9720. The van der Waals surface area contributed by atoms with Crippen LogP contribution in [0.2, 0.25) is 0 Å². The second-order valence-corrected chi connectivity index (χ2v) is 33.5. The maximum Gasteiger partial charge on any atom is 2.00 e. The number of rotatable bonds is 14. The van der Waals surface area contributed by atoms with Crippen molar-refractivity contribution in [1.29, 1.82) is 0 Å². The zero-order chi connectivity index (χ0) is 90.8. The summed E-state index contributed by atoms with van der Waals surface area (Å²) in [7, 11) is 0. The molecule has 16 aromatic heterocycles. The molecule has 16 heterocycles. The molecular formula is C117H69N19O2Pt3. The van der Waals surface area contributed by atoms with Gasteiger partial charge in [-0.2, -0.15) is 51.7 Å². The van der Waals surface area contributed by atoms with Crippen LogP contribution in [-0.4, -0.2) is 91.2 Å². The van der Waals surface area contributed by atoms with Gasteiger partial charge in [-0.3, -0.25) is 27.7 Å². The van der Waals surface area contributed by atoms with Crippen LogP contribution in [0.15, 0.2) is 420 Å². The molecule has 674 valence electrons. The number of pyridine rings is 6. The van der Waals surface area contributed by atoms with E-state index in [2.05, 4.69) is 309 Å². The normalized spacial score (nSPS) is 11.5. The van der Waals surface area contributed by atoms with Crippen LogP contribution in [0.1, 0.15) is 0 Å². The quantitative estimate of drug-likeness (QED) is 0.0944. The predicted molar refractivity (Wildman–Crippen MR) is 544 cm³/mol. The summed E-state index contributed by atoms with van der Waals surface area (Å²) in [5, 5.41) is 30.2. The van der Waals surface area contributed by atoms with Crippen molar-refractivity contribution in [2.24, 2.45) is 0 Å². The molecule has 24 heteroatoms. The molecule has 0 N–H and O–H groups in total. The van der Waals surface area contributed by atoms with Crippen molar-refractivity contribution in [3.63, 3.8) is 0 Å². The number of fused-ring (bicyclic) bond motifs is 21. The van der Waals surface area contributed by atoms with E-state index < -0.39 is 0 Å². The van der Waals surface area contributed by atoms with Gasteiger partial charge in [0.05, 0.1) is 70.8 Å². The van der Waals surface area contributed by atoms with E-state index >= 15 is 0 Å². The summed E-state index contributed by atoms with van der Waals surface area (Å²) >= 11 is 0. The van der Waals surface area contributed by atoms with Gasteiger partial charge < -0.3 is 27.7 Å². The van der Waals surface area contributed by atoms with Crippen molar-refractivity contribution < 1.29 is 72.7 Å². The van der Waals surface area contributed by atoms with Gasteiger partial charge in [0.1, 0.15) is 22.8 Å². The summed E-state index contributed by atoms with van der Waals surface area (Å²) in [6, 6.07) is 139. The number of aromatic nitrogens is 19. The van der Waals surface area contributed by atoms with Gasteiger partial charge in [-0.25, -0.2) is 29.9 Å². The van der Waals surface area contributed by atoms with Gasteiger partial charge in [-0.15, -0.1) is 106 Å². The van der Waals surface area contributed by atoms with E-state index in [4.69, 9.17) is 44.7 Å². The standard InChI is InChI=1S/C43H25N7.2C37H22N6O.3Pt/c1-4-14-37-31(10-1)34-20-18-28(47-27-30(26-46-47)49-38-15-5-3-12-33(38)36-13-9-23-45-43(36)49)24-40(34)48(37)29-19-21-35-32-11-2-6-16-39(32)50(41(35)25-29)42-17-7-8-22-44-42;1-3-14-33-29(11-1)31-18-17-25(22-35(31)42(33)26-9-7-10-28(21-26)44-36-16-5-6-19-38-36)41-24-27(23-40-41)43-34-15-4-2-12-30(34)32-13-8-20-39-37(32)43;1-3-14-33-29(11-1)31-18-17-28(44-36-16-5-6-19-38-36)22-35(31)42(33)26-10-7-9-25(21-26)41-24-27(23-40-41)43-34-15-4-2-12-30(34)32-13-8-20-39-37(32)43;;;/h1-23,26-27H;2*1-20,23-24H;;;/q3*-2;3*+2. The maximum atomic E-state index is 6.05. The smallest absolute Gasteiger partial charge is 0.466 e. The Balaban J connectivity index is 0.000000114. The summed E-state index contributed by atoms with van der Waals surface area (Å²) in [6.07, 6.45) is 22.5. The molecule has 0 atom stereocenters. The molecular weight excluding hydrogens is 2290 g/mol. The Morgan fingerprint density at radius 3 is 0.887 bits per heavy atom. The van der Waals surface area contributed by atoms with Gasteiger partial charge in [-0.05, 0) is 142 Å². The first-order chi connectivity index (χ1) is 68.4. The second-order valence-electron chi connectivity index (χ2n) is 33.5. The third kappa shape index (κ3) is 14.8. The molecule has 0 bridgehead atoms. The van der Waals surface area contributed by atoms with Gasteiger partial charge >= 0.3 is 63.2 Å². The van der Waals surface area contributed by atoms with Crippen LogP contribution in [0.4, 0.5) is 0 Å². The first-order valence-electron chi connectivity index (χ1n) is 45.1. The van der Waals surface area contributed by atoms with E-state index in [1.807, 2.05) is 191 Å². The van der Waals surface area contributed by atoms with Crippen molar-refractivity contribution >= 4 is 153 Å². The molecule has 0 fully saturated rings. The molecule has 0 aliphatic rings. The minimum atomic E-state index is 0. The van der Waals surface area contributed by atoms with Crippen LogP contribution in [0, 0.1) is 36.4 Å². The molecule has 0 aliphatic heterocycles. The molecule has 0 unspecified atom stereocenters.